The molecule has 6 heteroatoms. The van der Waals surface area contributed by atoms with Crippen LogP contribution >= 0.6 is 0 Å². The molecule has 0 radical (unpaired) electrons. The number of carbonyl (C=O) groups excluding carboxylic acids is 2. The fraction of sp³-hybridized carbons (Fsp3) is 0.818. The number of allylic oxidation sites excluding steroid dienone is 1. The van der Waals surface area contributed by atoms with Crippen LogP contribution in [0.5, 0.6) is 0 Å². The van der Waals surface area contributed by atoms with Crippen LogP contribution in [-0.2, 0) is 19.1 Å². The summed E-state index contributed by atoms with van der Waals surface area (Å²) in [5.41, 5.74) is -1.14. The lowest BCUT2D eigenvalue weighted by molar-refractivity contribution is -0.242. The molecule has 0 spiro atoms. The number of Topliss-reactive ketones (excluding diaryl/α,β-unsaturated/α-hetero) is 1. The zero-order valence-corrected chi connectivity index (χ0v) is 17.4. The molecule has 4 aliphatic rings. The van der Waals surface area contributed by atoms with Crippen molar-refractivity contribution in [3.63, 3.8) is 0 Å². The van der Waals surface area contributed by atoms with E-state index in [0.717, 1.165) is 5.57 Å². The minimum Gasteiger partial charge on any atom is -0.450 e. The van der Waals surface area contributed by atoms with Crippen molar-refractivity contribution < 1.29 is 29.3 Å². The number of ether oxygens (including phenoxy) is 2. The molecule has 6 nitrogen and oxygen atoms in total. The molecule has 3 unspecified atom stereocenters. The summed E-state index contributed by atoms with van der Waals surface area (Å²) < 4.78 is 11.3. The summed E-state index contributed by atoms with van der Waals surface area (Å²) in [7, 11) is 0. The number of ketones is 1. The average molecular weight is 392 g/mol. The highest BCUT2D eigenvalue weighted by Gasteiger charge is 2.66. The lowest BCUT2D eigenvalue weighted by Gasteiger charge is -2.62. The van der Waals surface area contributed by atoms with Gasteiger partial charge in [-0.3, -0.25) is 9.59 Å². The molecule has 2 bridgehead atoms. The molecule has 0 amide bonds. The van der Waals surface area contributed by atoms with Crippen LogP contribution in [0.4, 0.5) is 0 Å². The molecule has 2 N–H and O–H groups in total. The van der Waals surface area contributed by atoms with Crippen LogP contribution in [-0.4, -0.2) is 52.5 Å². The van der Waals surface area contributed by atoms with Crippen LogP contribution in [0.2, 0.25) is 0 Å². The summed E-state index contributed by atoms with van der Waals surface area (Å²) in [6.07, 6.45) is 0.0623. The van der Waals surface area contributed by atoms with Crippen LogP contribution in [0.3, 0.4) is 0 Å². The van der Waals surface area contributed by atoms with Crippen LogP contribution in [0.1, 0.15) is 60.3 Å². The number of fused-ring (bicyclic) bond motifs is 5. The van der Waals surface area contributed by atoms with E-state index in [1.54, 1.807) is 6.92 Å². The Morgan fingerprint density at radius 2 is 1.96 bits per heavy atom. The Bertz CT molecular complexity index is 754. The van der Waals surface area contributed by atoms with Gasteiger partial charge in [0.1, 0.15) is 0 Å². The van der Waals surface area contributed by atoms with Crippen molar-refractivity contribution in [1.29, 1.82) is 0 Å². The Morgan fingerprint density at radius 1 is 1.29 bits per heavy atom. The van der Waals surface area contributed by atoms with Gasteiger partial charge in [-0.05, 0) is 44.6 Å². The van der Waals surface area contributed by atoms with E-state index < -0.39 is 34.6 Å². The minimum absolute atomic E-state index is 0.0699. The van der Waals surface area contributed by atoms with Gasteiger partial charge >= 0.3 is 5.97 Å². The van der Waals surface area contributed by atoms with Crippen molar-refractivity contribution in [2.75, 3.05) is 6.61 Å². The maximum Gasteiger partial charge on any atom is 0.303 e. The first kappa shape index (κ1) is 20.0. The second-order valence-corrected chi connectivity index (χ2v) is 10.1. The number of aliphatic hydroxyl groups excluding tert-OH is 1. The first-order chi connectivity index (χ1) is 12.9. The van der Waals surface area contributed by atoms with Gasteiger partial charge in [-0.1, -0.05) is 19.4 Å². The third kappa shape index (κ3) is 2.44. The Kier molecular flexibility index (Phi) is 4.39. The van der Waals surface area contributed by atoms with Crippen LogP contribution in [0.25, 0.3) is 0 Å². The standard InChI is InChI=1S/C22H32O6/c1-11-6-7-22(26)9-14-13-10-27-15(13)8-16(24)21(14,5)19(25)18(28-12(2)23)17(11)20(22,3)4/h13-16,18,24,26H,6-10H2,1-5H3/t13?,14?,15?,16-,18+,21-,22+/m0/s1. The van der Waals surface area contributed by atoms with E-state index in [0.29, 0.717) is 37.9 Å². The lowest BCUT2D eigenvalue weighted by Crippen LogP contribution is -2.68. The molecule has 1 aliphatic heterocycles. The largest absolute Gasteiger partial charge is 0.450 e. The summed E-state index contributed by atoms with van der Waals surface area (Å²) in [5.74, 6) is -0.857. The summed E-state index contributed by atoms with van der Waals surface area (Å²) >= 11 is 0. The quantitative estimate of drug-likeness (QED) is 0.525. The molecular weight excluding hydrogens is 360 g/mol. The fourth-order valence-corrected chi connectivity index (χ4v) is 6.42. The second kappa shape index (κ2) is 6.13. The normalized spacial score (nSPS) is 47.2. The highest BCUT2D eigenvalue weighted by atomic mass is 16.5. The number of carbonyl (C=O) groups is 2. The number of hydrogen-bond donors (Lipinski definition) is 2. The molecule has 2 saturated carbocycles. The zero-order chi connectivity index (χ0) is 20.6. The topological polar surface area (TPSA) is 93.1 Å². The number of esters is 1. The molecule has 156 valence electrons. The average Bonchev–Trinajstić information content (AvgIpc) is 2.57. The molecule has 3 aliphatic carbocycles. The van der Waals surface area contributed by atoms with Crippen molar-refractivity contribution >= 4 is 11.8 Å². The summed E-state index contributed by atoms with van der Waals surface area (Å²) in [5, 5.41) is 22.9. The molecule has 0 aromatic rings. The van der Waals surface area contributed by atoms with Crippen molar-refractivity contribution in [3.05, 3.63) is 11.1 Å². The van der Waals surface area contributed by atoms with E-state index in [2.05, 4.69) is 0 Å². The monoisotopic (exact) mass is 392 g/mol. The van der Waals surface area contributed by atoms with E-state index in [-0.39, 0.29) is 23.7 Å². The maximum atomic E-state index is 13.9. The predicted molar refractivity (Wildman–Crippen MR) is 101 cm³/mol. The lowest BCUT2D eigenvalue weighted by atomic mass is 9.47. The van der Waals surface area contributed by atoms with E-state index in [1.165, 1.54) is 6.92 Å². The molecule has 7 atom stereocenters. The van der Waals surface area contributed by atoms with Crippen molar-refractivity contribution in [2.45, 2.75) is 84.2 Å². The highest BCUT2D eigenvalue weighted by Crippen LogP contribution is 2.61. The van der Waals surface area contributed by atoms with Gasteiger partial charge in [0, 0.05) is 24.7 Å². The Balaban J connectivity index is 1.93. The van der Waals surface area contributed by atoms with Gasteiger partial charge in [-0.25, -0.2) is 0 Å². The van der Waals surface area contributed by atoms with E-state index >= 15 is 0 Å². The molecule has 1 heterocycles. The number of rotatable bonds is 1. The molecule has 4 rings (SSSR count). The third-order valence-electron chi connectivity index (χ3n) is 8.50. The molecule has 28 heavy (non-hydrogen) atoms. The van der Waals surface area contributed by atoms with Gasteiger partial charge in [-0.15, -0.1) is 0 Å². The summed E-state index contributed by atoms with van der Waals surface area (Å²) in [4.78, 5) is 25.9. The van der Waals surface area contributed by atoms with Crippen molar-refractivity contribution in [2.24, 2.45) is 22.7 Å². The first-order valence-electron chi connectivity index (χ1n) is 10.4. The first-order valence-corrected chi connectivity index (χ1v) is 10.4. The van der Waals surface area contributed by atoms with Gasteiger partial charge in [-0.2, -0.15) is 0 Å². The summed E-state index contributed by atoms with van der Waals surface area (Å²) in [6, 6.07) is 0. The predicted octanol–water partition coefficient (Wildman–Crippen LogP) is 2.16. The second-order valence-electron chi connectivity index (χ2n) is 10.1. The Labute approximate surface area is 166 Å². The van der Waals surface area contributed by atoms with Gasteiger partial charge in [0.05, 0.1) is 29.8 Å². The van der Waals surface area contributed by atoms with E-state index in [9.17, 15) is 19.8 Å². The summed E-state index contributed by atoms with van der Waals surface area (Å²) in [6.45, 7) is 9.49. The van der Waals surface area contributed by atoms with Crippen LogP contribution in [0.15, 0.2) is 11.1 Å². The molecule has 3 fully saturated rings. The Morgan fingerprint density at radius 3 is 2.54 bits per heavy atom. The SMILES string of the molecule is CC(=O)O[C@H]1C(=O)[C@@]2(C)C(C[C@]3(O)CCC(C)=C1C3(C)C)C1COC1C[C@@H]2O. The zero-order valence-electron chi connectivity index (χ0n) is 17.4. The molecular formula is C22H32O6. The van der Waals surface area contributed by atoms with Gasteiger partial charge in [0.15, 0.2) is 11.9 Å². The highest BCUT2D eigenvalue weighted by molar-refractivity contribution is 5.94. The smallest absolute Gasteiger partial charge is 0.303 e. The molecule has 0 aromatic carbocycles. The molecule has 1 saturated heterocycles. The fourth-order valence-electron chi connectivity index (χ4n) is 6.42. The minimum atomic E-state index is -1.08. The Hall–Kier alpha value is -1.24. The van der Waals surface area contributed by atoms with Crippen molar-refractivity contribution in [3.8, 4) is 0 Å². The van der Waals surface area contributed by atoms with Gasteiger partial charge < -0.3 is 19.7 Å². The van der Waals surface area contributed by atoms with Crippen molar-refractivity contribution in [1.82, 2.24) is 0 Å². The maximum absolute atomic E-state index is 13.9. The van der Waals surface area contributed by atoms with Gasteiger partial charge in [0.2, 0.25) is 0 Å². The van der Waals surface area contributed by atoms with Gasteiger partial charge in [0.25, 0.3) is 0 Å². The number of hydrogen-bond acceptors (Lipinski definition) is 6. The van der Waals surface area contributed by atoms with E-state index in [1.807, 2.05) is 20.8 Å². The van der Waals surface area contributed by atoms with Crippen LogP contribution < -0.4 is 0 Å². The van der Waals surface area contributed by atoms with E-state index in [4.69, 9.17) is 9.47 Å². The molecule has 0 aromatic heterocycles. The van der Waals surface area contributed by atoms with Crippen LogP contribution in [0, 0.1) is 22.7 Å². The third-order valence-corrected chi connectivity index (χ3v) is 8.50. The number of aliphatic hydroxyl groups is 2.